The van der Waals surface area contributed by atoms with E-state index in [0.717, 1.165) is 16.7 Å². The lowest BCUT2D eigenvalue weighted by molar-refractivity contribution is -0.131. The van der Waals surface area contributed by atoms with Crippen LogP contribution in [-0.4, -0.2) is 11.1 Å². The molecule has 0 amide bonds. The summed E-state index contributed by atoms with van der Waals surface area (Å²) in [5, 5.41) is 8.82. The molecular formula is C16H13FO2. The van der Waals surface area contributed by atoms with E-state index in [9.17, 15) is 9.18 Å². The second kappa shape index (κ2) is 5.48. The fraction of sp³-hybridized carbons (Fsp3) is 0.0625. The van der Waals surface area contributed by atoms with Crippen LogP contribution < -0.4 is 0 Å². The number of aliphatic carboxylic acids is 1. The van der Waals surface area contributed by atoms with Gasteiger partial charge in [-0.15, -0.1) is 0 Å². The van der Waals surface area contributed by atoms with E-state index >= 15 is 0 Å². The van der Waals surface area contributed by atoms with E-state index in [4.69, 9.17) is 5.11 Å². The van der Waals surface area contributed by atoms with Crippen LogP contribution in [-0.2, 0) is 4.79 Å². The molecule has 19 heavy (non-hydrogen) atoms. The minimum Gasteiger partial charge on any atom is -0.478 e. The van der Waals surface area contributed by atoms with Crippen molar-refractivity contribution in [3.63, 3.8) is 0 Å². The van der Waals surface area contributed by atoms with Gasteiger partial charge in [-0.05, 0) is 41.3 Å². The minimum atomic E-state index is -0.980. The molecule has 0 radical (unpaired) electrons. The topological polar surface area (TPSA) is 37.3 Å². The number of hydrogen-bond donors (Lipinski definition) is 1. The fourth-order valence-corrected chi connectivity index (χ4v) is 1.97. The molecule has 0 aliphatic heterocycles. The number of halogens is 1. The Balaban J connectivity index is 2.53. The minimum absolute atomic E-state index is 0.293. The zero-order valence-corrected chi connectivity index (χ0v) is 10.4. The summed E-state index contributed by atoms with van der Waals surface area (Å²) in [4.78, 5) is 10.7. The Morgan fingerprint density at radius 3 is 2.37 bits per heavy atom. The van der Waals surface area contributed by atoms with Crippen molar-refractivity contribution in [2.24, 2.45) is 0 Å². The second-order valence-corrected chi connectivity index (χ2v) is 4.22. The maximum Gasteiger partial charge on any atom is 0.328 e. The molecule has 1 N–H and O–H groups in total. The summed E-state index contributed by atoms with van der Waals surface area (Å²) in [5.41, 5.74) is 3.23. The summed E-state index contributed by atoms with van der Waals surface area (Å²) in [6.45, 7) is 1.75. The SMILES string of the molecule is C/C(=C/C(=O)O)c1ccccc1-c1ccc(F)cc1. The normalized spacial score (nSPS) is 11.4. The first-order chi connectivity index (χ1) is 9.08. The van der Waals surface area contributed by atoms with Gasteiger partial charge in [-0.1, -0.05) is 36.4 Å². The average Bonchev–Trinajstić information content (AvgIpc) is 2.39. The molecule has 0 unspecified atom stereocenters. The molecule has 0 aliphatic carbocycles. The quantitative estimate of drug-likeness (QED) is 0.843. The molecule has 96 valence electrons. The van der Waals surface area contributed by atoms with Crippen molar-refractivity contribution in [1.29, 1.82) is 0 Å². The van der Waals surface area contributed by atoms with Crippen molar-refractivity contribution < 1.29 is 14.3 Å². The first-order valence-corrected chi connectivity index (χ1v) is 5.84. The maximum atomic E-state index is 12.9. The molecule has 0 saturated carbocycles. The van der Waals surface area contributed by atoms with Crippen LogP contribution in [0.15, 0.2) is 54.6 Å². The molecule has 0 aliphatic rings. The van der Waals surface area contributed by atoms with Crippen LogP contribution in [0, 0.1) is 5.82 Å². The first kappa shape index (κ1) is 13.0. The summed E-state index contributed by atoms with van der Waals surface area (Å²) in [6.07, 6.45) is 1.17. The van der Waals surface area contributed by atoms with Crippen molar-refractivity contribution in [2.75, 3.05) is 0 Å². The molecule has 0 spiro atoms. The van der Waals surface area contributed by atoms with Gasteiger partial charge in [0.1, 0.15) is 5.82 Å². The standard InChI is InChI=1S/C16H13FO2/c1-11(10-16(18)19)14-4-2-3-5-15(14)12-6-8-13(17)9-7-12/h2-10H,1H3,(H,18,19)/b11-10-. The van der Waals surface area contributed by atoms with Crippen LogP contribution in [0.1, 0.15) is 12.5 Å². The highest BCUT2D eigenvalue weighted by molar-refractivity contribution is 5.92. The van der Waals surface area contributed by atoms with Gasteiger partial charge < -0.3 is 5.11 Å². The van der Waals surface area contributed by atoms with Crippen LogP contribution in [0.25, 0.3) is 16.7 Å². The highest BCUT2D eigenvalue weighted by atomic mass is 19.1. The molecular weight excluding hydrogens is 243 g/mol. The fourth-order valence-electron chi connectivity index (χ4n) is 1.97. The van der Waals surface area contributed by atoms with Crippen LogP contribution in [0.4, 0.5) is 4.39 Å². The van der Waals surface area contributed by atoms with E-state index < -0.39 is 5.97 Å². The van der Waals surface area contributed by atoms with Gasteiger partial charge in [0.05, 0.1) is 0 Å². The van der Waals surface area contributed by atoms with Gasteiger partial charge in [0.15, 0.2) is 0 Å². The van der Waals surface area contributed by atoms with Gasteiger partial charge in [0.25, 0.3) is 0 Å². The van der Waals surface area contributed by atoms with Gasteiger partial charge >= 0.3 is 5.97 Å². The summed E-state index contributed by atoms with van der Waals surface area (Å²) >= 11 is 0. The van der Waals surface area contributed by atoms with Crippen LogP contribution in [0.2, 0.25) is 0 Å². The first-order valence-electron chi connectivity index (χ1n) is 5.84. The van der Waals surface area contributed by atoms with Crippen LogP contribution >= 0.6 is 0 Å². The molecule has 2 aromatic rings. The zero-order valence-electron chi connectivity index (χ0n) is 10.4. The Kier molecular flexibility index (Phi) is 3.76. The molecule has 0 saturated heterocycles. The van der Waals surface area contributed by atoms with Gasteiger partial charge in [0, 0.05) is 6.08 Å². The number of hydrogen-bond acceptors (Lipinski definition) is 1. The van der Waals surface area contributed by atoms with E-state index in [1.54, 1.807) is 19.1 Å². The number of benzene rings is 2. The molecule has 3 heteroatoms. The number of carboxylic acid groups (broad SMARTS) is 1. The number of carboxylic acids is 1. The molecule has 0 bridgehead atoms. The Morgan fingerprint density at radius 1 is 1.11 bits per heavy atom. The maximum absolute atomic E-state index is 12.9. The number of rotatable bonds is 3. The van der Waals surface area contributed by atoms with Gasteiger partial charge in [0.2, 0.25) is 0 Å². The Hall–Kier alpha value is -2.42. The molecule has 0 heterocycles. The lowest BCUT2D eigenvalue weighted by Gasteiger charge is -2.09. The van der Waals surface area contributed by atoms with E-state index in [1.807, 2.05) is 24.3 Å². The van der Waals surface area contributed by atoms with Crippen LogP contribution in [0.3, 0.4) is 0 Å². The summed E-state index contributed by atoms with van der Waals surface area (Å²) in [7, 11) is 0. The second-order valence-electron chi connectivity index (χ2n) is 4.22. The van der Waals surface area contributed by atoms with Gasteiger partial charge in [-0.2, -0.15) is 0 Å². The predicted octanol–water partition coefficient (Wildman–Crippen LogP) is 3.98. The molecule has 0 aromatic heterocycles. The third-order valence-electron chi connectivity index (χ3n) is 2.85. The average molecular weight is 256 g/mol. The van der Waals surface area contributed by atoms with E-state index in [0.29, 0.717) is 5.57 Å². The highest BCUT2D eigenvalue weighted by Crippen LogP contribution is 2.28. The van der Waals surface area contributed by atoms with Gasteiger partial charge in [-0.25, -0.2) is 9.18 Å². The van der Waals surface area contributed by atoms with Crippen molar-refractivity contribution in [2.45, 2.75) is 6.92 Å². The Labute approximate surface area is 110 Å². The summed E-state index contributed by atoms with van der Waals surface area (Å²) in [5.74, 6) is -1.27. The molecule has 0 atom stereocenters. The lowest BCUT2D eigenvalue weighted by atomic mass is 9.95. The van der Waals surface area contributed by atoms with Crippen molar-refractivity contribution in [3.8, 4) is 11.1 Å². The third kappa shape index (κ3) is 3.07. The van der Waals surface area contributed by atoms with Crippen LogP contribution in [0.5, 0.6) is 0 Å². The third-order valence-corrected chi connectivity index (χ3v) is 2.85. The number of carbonyl (C=O) groups is 1. The molecule has 2 rings (SSSR count). The lowest BCUT2D eigenvalue weighted by Crippen LogP contribution is -1.92. The number of allylic oxidation sites excluding steroid dienone is 1. The Morgan fingerprint density at radius 2 is 1.74 bits per heavy atom. The smallest absolute Gasteiger partial charge is 0.328 e. The summed E-state index contributed by atoms with van der Waals surface area (Å²) in [6, 6.07) is 13.6. The largest absolute Gasteiger partial charge is 0.478 e. The molecule has 0 fully saturated rings. The highest BCUT2D eigenvalue weighted by Gasteiger charge is 2.07. The summed E-state index contributed by atoms with van der Waals surface area (Å²) < 4.78 is 12.9. The van der Waals surface area contributed by atoms with E-state index in [1.165, 1.54) is 18.2 Å². The zero-order chi connectivity index (χ0) is 13.8. The predicted molar refractivity (Wildman–Crippen MR) is 73.1 cm³/mol. The van der Waals surface area contributed by atoms with Gasteiger partial charge in [-0.3, -0.25) is 0 Å². The van der Waals surface area contributed by atoms with E-state index in [2.05, 4.69) is 0 Å². The van der Waals surface area contributed by atoms with Crippen molar-refractivity contribution in [1.82, 2.24) is 0 Å². The van der Waals surface area contributed by atoms with E-state index in [-0.39, 0.29) is 5.82 Å². The van der Waals surface area contributed by atoms with Crippen molar-refractivity contribution in [3.05, 3.63) is 66.0 Å². The van der Waals surface area contributed by atoms with Crippen molar-refractivity contribution >= 4 is 11.5 Å². The monoisotopic (exact) mass is 256 g/mol. The Bertz CT molecular complexity index is 627. The molecule has 2 nitrogen and oxygen atoms in total. The molecule has 2 aromatic carbocycles.